The summed E-state index contributed by atoms with van der Waals surface area (Å²) in [7, 11) is -3.63. The monoisotopic (exact) mass is 342 g/mol. The van der Waals surface area contributed by atoms with E-state index in [2.05, 4.69) is 14.8 Å². The van der Waals surface area contributed by atoms with Crippen molar-refractivity contribution in [2.24, 2.45) is 0 Å². The van der Waals surface area contributed by atoms with Crippen LogP contribution in [0.5, 0.6) is 5.75 Å². The standard InChI is InChI=1S/C12H16F2N2O3S.ClH/c13-12(14)19-10-3-5-11(6-4-10)20(17,18)16-8-9-2-1-7-15-9;/h3-6,9,12,15-16H,1-2,7-8H2;1H/t9-;/m1./s1. The molecule has 1 aliphatic heterocycles. The number of nitrogens with one attached hydrogen (secondary N) is 2. The Kier molecular flexibility index (Phi) is 6.79. The van der Waals surface area contributed by atoms with Gasteiger partial charge in [-0.25, -0.2) is 13.1 Å². The topological polar surface area (TPSA) is 67.4 Å². The predicted octanol–water partition coefficient (Wildman–Crippen LogP) is 1.74. The van der Waals surface area contributed by atoms with Gasteiger partial charge in [-0.1, -0.05) is 0 Å². The fraction of sp³-hybridized carbons (Fsp3) is 0.500. The average molecular weight is 343 g/mol. The van der Waals surface area contributed by atoms with Gasteiger partial charge in [0.05, 0.1) is 4.90 Å². The van der Waals surface area contributed by atoms with E-state index in [1.807, 2.05) is 0 Å². The molecule has 1 fully saturated rings. The second-order valence-electron chi connectivity index (χ2n) is 4.50. The largest absolute Gasteiger partial charge is 0.435 e. The molecule has 0 amide bonds. The summed E-state index contributed by atoms with van der Waals surface area (Å²) < 4.78 is 54.6. The molecule has 2 N–H and O–H groups in total. The van der Waals surface area contributed by atoms with E-state index in [0.717, 1.165) is 19.4 Å². The highest BCUT2D eigenvalue weighted by Gasteiger charge is 2.19. The van der Waals surface area contributed by atoms with Gasteiger partial charge < -0.3 is 10.1 Å². The number of alkyl halides is 2. The zero-order valence-corrected chi connectivity index (χ0v) is 12.7. The molecular weight excluding hydrogens is 326 g/mol. The quantitative estimate of drug-likeness (QED) is 0.826. The fourth-order valence-corrected chi connectivity index (χ4v) is 3.11. The summed E-state index contributed by atoms with van der Waals surface area (Å²) in [5.74, 6) is -0.0728. The summed E-state index contributed by atoms with van der Waals surface area (Å²) >= 11 is 0. The van der Waals surface area contributed by atoms with E-state index < -0.39 is 16.6 Å². The molecule has 0 unspecified atom stereocenters. The van der Waals surface area contributed by atoms with E-state index in [9.17, 15) is 17.2 Å². The first-order valence-corrected chi connectivity index (χ1v) is 7.73. The predicted molar refractivity (Wildman–Crippen MR) is 76.5 cm³/mol. The summed E-state index contributed by atoms with van der Waals surface area (Å²) in [5, 5.41) is 3.18. The van der Waals surface area contributed by atoms with Crippen molar-refractivity contribution in [1.29, 1.82) is 0 Å². The van der Waals surface area contributed by atoms with Crippen LogP contribution in [0.3, 0.4) is 0 Å². The van der Waals surface area contributed by atoms with Gasteiger partial charge in [0, 0.05) is 12.6 Å². The van der Waals surface area contributed by atoms with Crippen LogP contribution in [0.25, 0.3) is 0 Å². The van der Waals surface area contributed by atoms with Crippen LogP contribution in [0.2, 0.25) is 0 Å². The van der Waals surface area contributed by atoms with Gasteiger partial charge >= 0.3 is 6.61 Å². The molecule has 0 aromatic heterocycles. The zero-order chi connectivity index (χ0) is 14.6. The van der Waals surface area contributed by atoms with Crippen molar-refractivity contribution < 1.29 is 21.9 Å². The normalized spacial score (nSPS) is 18.5. The molecule has 120 valence electrons. The van der Waals surface area contributed by atoms with Crippen molar-refractivity contribution in [2.75, 3.05) is 13.1 Å². The molecule has 1 aromatic carbocycles. The van der Waals surface area contributed by atoms with Crippen LogP contribution in [-0.2, 0) is 10.0 Å². The molecule has 0 bridgehead atoms. The van der Waals surface area contributed by atoms with Gasteiger partial charge in [0.25, 0.3) is 0 Å². The van der Waals surface area contributed by atoms with E-state index in [1.165, 1.54) is 24.3 Å². The molecule has 5 nitrogen and oxygen atoms in total. The molecular formula is C12H17ClF2N2O3S. The second kappa shape index (κ2) is 7.88. The molecule has 9 heteroatoms. The van der Waals surface area contributed by atoms with Gasteiger partial charge in [0.1, 0.15) is 5.75 Å². The van der Waals surface area contributed by atoms with E-state index in [-0.39, 0.29) is 29.1 Å². The number of hydrogen-bond acceptors (Lipinski definition) is 4. The maximum atomic E-state index is 12.0. The Morgan fingerprint density at radius 3 is 2.52 bits per heavy atom. The highest BCUT2D eigenvalue weighted by molar-refractivity contribution is 7.89. The Balaban J connectivity index is 0.00000220. The van der Waals surface area contributed by atoms with Crippen molar-refractivity contribution >= 4 is 22.4 Å². The number of halogens is 3. The van der Waals surface area contributed by atoms with Gasteiger partial charge in [-0.15, -0.1) is 12.4 Å². The van der Waals surface area contributed by atoms with Gasteiger partial charge in [-0.3, -0.25) is 0 Å². The van der Waals surface area contributed by atoms with Gasteiger partial charge in [-0.2, -0.15) is 8.78 Å². The van der Waals surface area contributed by atoms with Crippen LogP contribution >= 0.6 is 12.4 Å². The molecule has 0 radical (unpaired) electrons. The molecule has 1 heterocycles. The number of ether oxygens (including phenoxy) is 1. The highest BCUT2D eigenvalue weighted by Crippen LogP contribution is 2.17. The van der Waals surface area contributed by atoms with Crippen molar-refractivity contribution in [1.82, 2.24) is 10.0 Å². The summed E-state index contributed by atoms with van der Waals surface area (Å²) in [5.41, 5.74) is 0. The minimum absolute atomic E-state index is 0. The minimum Gasteiger partial charge on any atom is -0.435 e. The van der Waals surface area contributed by atoms with Crippen LogP contribution in [0.15, 0.2) is 29.2 Å². The van der Waals surface area contributed by atoms with Crippen LogP contribution < -0.4 is 14.8 Å². The molecule has 1 atom stereocenters. The van der Waals surface area contributed by atoms with Crippen molar-refractivity contribution in [3.8, 4) is 5.75 Å². The van der Waals surface area contributed by atoms with Crippen molar-refractivity contribution in [2.45, 2.75) is 30.4 Å². The number of sulfonamides is 1. The van der Waals surface area contributed by atoms with Crippen LogP contribution in [0.4, 0.5) is 8.78 Å². The van der Waals surface area contributed by atoms with E-state index in [1.54, 1.807) is 0 Å². The Morgan fingerprint density at radius 2 is 2.00 bits per heavy atom. The molecule has 21 heavy (non-hydrogen) atoms. The van der Waals surface area contributed by atoms with Crippen molar-refractivity contribution in [3.63, 3.8) is 0 Å². The third kappa shape index (κ3) is 5.39. The SMILES string of the molecule is Cl.O=S(=O)(NC[C@H]1CCCN1)c1ccc(OC(F)F)cc1. The lowest BCUT2D eigenvalue weighted by molar-refractivity contribution is -0.0498. The highest BCUT2D eigenvalue weighted by atomic mass is 35.5. The number of hydrogen-bond donors (Lipinski definition) is 2. The first kappa shape index (κ1) is 18.1. The average Bonchev–Trinajstić information content (AvgIpc) is 2.89. The van der Waals surface area contributed by atoms with Gasteiger partial charge in [0.2, 0.25) is 10.0 Å². The lowest BCUT2D eigenvalue weighted by Gasteiger charge is -2.12. The van der Waals surface area contributed by atoms with Gasteiger partial charge in [-0.05, 0) is 43.7 Å². The Morgan fingerprint density at radius 1 is 1.33 bits per heavy atom. The molecule has 1 saturated heterocycles. The Hall–Kier alpha value is -0.960. The minimum atomic E-state index is -3.63. The summed E-state index contributed by atoms with van der Waals surface area (Å²) in [6.07, 6.45) is 1.97. The maximum absolute atomic E-state index is 12.0. The summed E-state index contributed by atoms with van der Waals surface area (Å²) in [6, 6.07) is 5.03. The van der Waals surface area contributed by atoms with Crippen molar-refractivity contribution in [3.05, 3.63) is 24.3 Å². The zero-order valence-electron chi connectivity index (χ0n) is 11.1. The smallest absolute Gasteiger partial charge is 0.387 e. The van der Waals surface area contributed by atoms with E-state index >= 15 is 0 Å². The van der Waals surface area contributed by atoms with E-state index in [0.29, 0.717) is 6.54 Å². The second-order valence-corrected chi connectivity index (χ2v) is 6.26. The molecule has 0 spiro atoms. The van der Waals surface area contributed by atoms with Crippen LogP contribution in [-0.4, -0.2) is 34.2 Å². The van der Waals surface area contributed by atoms with Crippen LogP contribution in [0.1, 0.15) is 12.8 Å². The summed E-state index contributed by atoms with van der Waals surface area (Å²) in [6.45, 7) is -1.71. The Labute approximate surface area is 128 Å². The number of rotatable bonds is 6. The third-order valence-electron chi connectivity index (χ3n) is 3.04. The molecule has 1 aromatic rings. The molecule has 2 rings (SSSR count). The van der Waals surface area contributed by atoms with E-state index in [4.69, 9.17) is 0 Å². The molecule has 0 saturated carbocycles. The maximum Gasteiger partial charge on any atom is 0.387 e. The lowest BCUT2D eigenvalue weighted by atomic mass is 10.2. The molecule has 1 aliphatic rings. The first-order chi connectivity index (χ1) is 9.47. The molecule has 0 aliphatic carbocycles. The first-order valence-electron chi connectivity index (χ1n) is 6.25. The van der Waals surface area contributed by atoms with Gasteiger partial charge in [0.15, 0.2) is 0 Å². The summed E-state index contributed by atoms with van der Waals surface area (Å²) in [4.78, 5) is 0.0251. The Bertz CT molecular complexity index is 534. The number of benzene rings is 1. The fourth-order valence-electron chi connectivity index (χ4n) is 2.02. The van der Waals surface area contributed by atoms with Crippen LogP contribution in [0, 0.1) is 0 Å². The third-order valence-corrected chi connectivity index (χ3v) is 4.48. The lowest BCUT2D eigenvalue weighted by Crippen LogP contribution is -2.37.